The van der Waals surface area contributed by atoms with E-state index >= 15 is 0 Å². The van der Waals surface area contributed by atoms with Crippen LogP contribution in [0.25, 0.3) is 10.9 Å². The highest BCUT2D eigenvalue weighted by atomic mass is 32.1. The number of carbonyl (C=O) groups excluding carboxylic acids is 1. The van der Waals surface area contributed by atoms with Gasteiger partial charge < -0.3 is 14.6 Å². The second-order valence-corrected chi connectivity index (χ2v) is 7.31. The van der Waals surface area contributed by atoms with Gasteiger partial charge in [-0.2, -0.15) is 0 Å². The van der Waals surface area contributed by atoms with Gasteiger partial charge in [-0.15, -0.1) is 11.3 Å². The second-order valence-electron chi connectivity index (χ2n) is 6.46. The van der Waals surface area contributed by atoms with Gasteiger partial charge in [0.2, 0.25) is 0 Å². The number of benzene rings is 1. The number of morpholine rings is 1. The number of nitrogens with zero attached hydrogens (tertiary/aromatic N) is 3. The van der Waals surface area contributed by atoms with Crippen molar-refractivity contribution in [3.63, 3.8) is 0 Å². The molecular weight excluding hydrogens is 348 g/mol. The highest BCUT2D eigenvalue weighted by Gasteiger charge is 2.13. The van der Waals surface area contributed by atoms with Crippen molar-refractivity contribution in [3.8, 4) is 0 Å². The SMILES string of the molecule is Cc1ncsc1C(=O)Nc1ccc2c(ccn2CCN2CCOCC2)c1. The summed E-state index contributed by atoms with van der Waals surface area (Å²) >= 11 is 1.36. The van der Waals surface area contributed by atoms with Crippen molar-refractivity contribution in [1.29, 1.82) is 0 Å². The number of carbonyl (C=O) groups is 1. The van der Waals surface area contributed by atoms with Gasteiger partial charge in [0.05, 0.1) is 24.4 Å². The van der Waals surface area contributed by atoms with Gasteiger partial charge in [0.25, 0.3) is 5.91 Å². The van der Waals surface area contributed by atoms with E-state index in [4.69, 9.17) is 4.74 Å². The predicted octanol–water partition coefficient (Wildman–Crippen LogP) is 2.99. The van der Waals surface area contributed by atoms with Crippen LogP contribution in [-0.2, 0) is 11.3 Å². The zero-order chi connectivity index (χ0) is 17.9. The van der Waals surface area contributed by atoms with Gasteiger partial charge >= 0.3 is 0 Å². The van der Waals surface area contributed by atoms with Crippen molar-refractivity contribution in [2.45, 2.75) is 13.5 Å². The maximum Gasteiger partial charge on any atom is 0.267 e. The number of ether oxygens (including phenoxy) is 1. The maximum atomic E-state index is 12.4. The molecule has 0 saturated carbocycles. The highest BCUT2D eigenvalue weighted by molar-refractivity contribution is 7.12. The van der Waals surface area contributed by atoms with E-state index in [0.717, 1.165) is 56.2 Å². The number of rotatable bonds is 5. The molecule has 1 fully saturated rings. The van der Waals surface area contributed by atoms with E-state index in [1.165, 1.54) is 16.9 Å². The largest absolute Gasteiger partial charge is 0.379 e. The lowest BCUT2D eigenvalue weighted by atomic mass is 10.2. The van der Waals surface area contributed by atoms with Gasteiger partial charge in [-0.25, -0.2) is 4.98 Å². The van der Waals surface area contributed by atoms with Gasteiger partial charge in [-0.3, -0.25) is 9.69 Å². The molecule has 0 spiro atoms. The molecule has 0 aliphatic carbocycles. The number of thiazole rings is 1. The molecule has 4 rings (SSSR count). The molecule has 6 nitrogen and oxygen atoms in total. The molecule has 1 amide bonds. The third kappa shape index (κ3) is 3.65. The molecule has 0 atom stereocenters. The molecule has 1 aliphatic rings. The average molecular weight is 370 g/mol. The third-order valence-corrected chi connectivity index (χ3v) is 5.67. The molecule has 0 unspecified atom stereocenters. The monoisotopic (exact) mass is 370 g/mol. The molecule has 1 N–H and O–H groups in total. The van der Waals surface area contributed by atoms with E-state index in [2.05, 4.69) is 38.1 Å². The molecular formula is C19H22N4O2S. The molecule has 3 aromatic rings. The fraction of sp³-hybridized carbons (Fsp3) is 0.368. The van der Waals surface area contributed by atoms with Gasteiger partial charge in [0.15, 0.2) is 0 Å². The van der Waals surface area contributed by atoms with Gasteiger partial charge in [0.1, 0.15) is 4.88 Å². The number of anilines is 1. The van der Waals surface area contributed by atoms with Crippen LogP contribution in [0, 0.1) is 6.92 Å². The first-order chi connectivity index (χ1) is 12.7. The van der Waals surface area contributed by atoms with Crippen LogP contribution in [0.5, 0.6) is 0 Å². The van der Waals surface area contributed by atoms with Crippen molar-refractivity contribution in [2.24, 2.45) is 0 Å². The summed E-state index contributed by atoms with van der Waals surface area (Å²) in [6.45, 7) is 7.50. The minimum Gasteiger partial charge on any atom is -0.379 e. The number of aryl methyl sites for hydroxylation is 1. The Morgan fingerprint density at radius 2 is 2.12 bits per heavy atom. The predicted molar refractivity (Wildman–Crippen MR) is 104 cm³/mol. The van der Waals surface area contributed by atoms with Crippen LogP contribution in [0.2, 0.25) is 0 Å². The van der Waals surface area contributed by atoms with Crippen LogP contribution in [0.3, 0.4) is 0 Å². The van der Waals surface area contributed by atoms with Crippen LogP contribution in [-0.4, -0.2) is 53.2 Å². The Bertz CT molecular complexity index is 911. The van der Waals surface area contributed by atoms with Crippen LogP contribution in [0.1, 0.15) is 15.4 Å². The number of aromatic nitrogens is 2. The number of amides is 1. The summed E-state index contributed by atoms with van der Waals surface area (Å²) in [4.78, 5) is 19.6. The van der Waals surface area contributed by atoms with E-state index in [9.17, 15) is 4.79 Å². The summed E-state index contributed by atoms with van der Waals surface area (Å²) in [5, 5.41) is 4.10. The number of fused-ring (bicyclic) bond motifs is 1. The Morgan fingerprint density at radius 3 is 2.88 bits per heavy atom. The van der Waals surface area contributed by atoms with Gasteiger partial charge in [0, 0.05) is 49.0 Å². The summed E-state index contributed by atoms with van der Waals surface area (Å²) in [5.74, 6) is -0.101. The van der Waals surface area contributed by atoms with E-state index in [0.29, 0.717) is 4.88 Å². The summed E-state index contributed by atoms with van der Waals surface area (Å²) in [7, 11) is 0. The minimum atomic E-state index is -0.101. The highest BCUT2D eigenvalue weighted by Crippen LogP contribution is 2.22. The standard InChI is InChI=1S/C19H22N4O2S/c1-14-18(26-13-20-14)19(24)21-16-2-3-17-15(12-16)4-5-23(17)7-6-22-8-10-25-11-9-22/h2-5,12-13H,6-11H2,1H3,(H,21,24). The van der Waals surface area contributed by atoms with Crippen LogP contribution >= 0.6 is 11.3 Å². The van der Waals surface area contributed by atoms with Crippen molar-refractivity contribution >= 4 is 33.8 Å². The molecule has 2 aromatic heterocycles. The normalized spacial score (nSPS) is 15.4. The molecule has 0 bridgehead atoms. The van der Waals surface area contributed by atoms with E-state index in [1.54, 1.807) is 5.51 Å². The molecule has 7 heteroatoms. The Hall–Kier alpha value is -2.22. The average Bonchev–Trinajstić information content (AvgIpc) is 3.26. The van der Waals surface area contributed by atoms with Crippen LogP contribution in [0.4, 0.5) is 5.69 Å². The second kappa shape index (κ2) is 7.57. The van der Waals surface area contributed by atoms with Crippen molar-refractivity contribution in [1.82, 2.24) is 14.5 Å². The van der Waals surface area contributed by atoms with Crippen LogP contribution < -0.4 is 5.32 Å². The fourth-order valence-electron chi connectivity index (χ4n) is 3.25. The molecule has 136 valence electrons. The molecule has 3 heterocycles. The number of hydrogen-bond donors (Lipinski definition) is 1. The van der Waals surface area contributed by atoms with Gasteiger partial charge in [-0.05, 0) is 31.2 Å². The lowest BCUT2D eigenvalue weighted by molar-refractivity contribution is 0.0365. The van der Waals surface area contributed by atoms with Crippen molar-refractivity contribution < 1.29 is 9.53 Å². The van der Waals surface area contributed by atoms with Crippen LogP contribution in [0.15, 0.2) is 36.0 Å². The zero-order valence-electron chi connectivity index (χ0n) is 14.8. The zero-order valence-corrected chi connectivity index (χ0v) is 15.6. The smallest absolute Gasteiger partial charge is 0.267 e. The Labute approximate surface area is 156 Å². The summed E-state index contributed by atoms with van der Waals surface area (Å²) in [6.07, 6.45) is 2.12. The van der Waals surface area contributed by atoms with E-state index in [-0.39, 0.29) is 5.91 Å². The molecule has 1 aromatic carbocycles. The Kier molecular flexibility index (Phi) is 5.01. The first-order valence-electron chi connectivity index (χ1n) is 8.81. The summed E-state index contributed by atoms with van der Waals surface area (Å²) in [5.41, 5.74) is 4.46. The molecule has 1 aliphatic heterocycles. The topological polar surface area (TPSA) is 59.4 Å². The van der Waals surface area contributed by atoms with E-state index in [1.807, 2.05) is 19.1 Å². The van der Waals surface area contributed by atoms with Gasteiger partial charge in [-0.1, -0.05) is 0 Å². The minimum absolute atomic E-state index is 0.101. The fourth-order valence-corrected chi connectivity index (χ4v) is 3.95. The first-order valence-corrected chi connectivity index (χ1v) is 9.69. The number of hydrogen-bond acceptors (Lipinski definition) is 5. The Balaban J connectivity index is 1.45. The third-order valence-electron chi connectivity index (χ3n) is 4.74. The quantitative estimate of drug-likeness (QED) is 0.750. The lowest BCUT2D eigenvalue weighted by Crippen LogP contribution is -2.38. The summed E-state index contributed by atoms with van der Waals surface area (Å²) in [6, 6.07) is 8.16. The molecule has 26 heavy (non-hydrogen) atoms. The number of nitrogens with one attached hydrogen (secondary N) is 1. The van der Waals surface area contributed by atoms with Crippen molar-refractivity contribution in [2.75, 3.05) is 38.2 Å². The Morgan fingerprint density at radius 1 is 1.27 bits per heavy atom. The maximum absolute atomic E-state index is 12.4. The first kappa shape index (κ1) is 17.2. The van der Waals surface area contributed by atoms with Crippen molar-refractivity contribution in [3.05, 3.63) is 46.5 Å². The molecule has 0 radical (unpaired) electrons. The van der Waals surface area contributed by atoms with E-state index < -0.39 is 0 Å². The lowest BCUT2D eigenvalue weighted by Gasteiger charge is -2.26. The molecule has 1 saturated heterocycles. The summed E-state index contributed by atoms with van der Waals surface area (Å²) < 4.78 is 7.67.